The highest BCUT2D eigenvalue weighted by atomic mass is 35.5. The van der Waals surface area contributed by atoms with Crippen molar-refractivity contribution in [3.63, 3.8) is 0 Å². The van der Waals surface area contributed by atoms with E-state index < -0.39 is 11.7 Å². The van der Waals surface area contributed by atoms with Crippen molar-refractivity contribution in [1.29, 1.82) is 0 Å². The molecule has 1 atom stereocenters. The Balaban J connectivity index is 0.000000319. The number of rotatable bonds is 10. The van der Waals surface area contributed by atoms with E-state index in [9.17, 15) is 22.8 Å². The second-order valence-electron chi connectivity index (χ2n) is 8.16. The van der Waals surface area contributed by atoms with Crippen LogP contribution >= 0.6 is 11.6 Å². The third-order valence-corrected chi connectivity index (χ3v) is 5.67. The molecule has 192 valence electrons. The maximum atomic E-state index is 12.1. The molecule has 3 aromatic carbocycles. The molecule has 0 saturated heterocycles. The minimum absolute atomic E-state index is 0.0743. The van der Waals surface area contributed by atoms with E-state index in [0.29, 0.717) is 36.4 Å². The van der Waals surface area contributed by atoms with E-state index >= 15 is 0 Å². The van der Waals surface area contributed by atoms with Gasteiger partial charge in [0.05, 0.1) is 12.0 Å². The van der Waals surface area contributed by atoms with Gasteiger partial charge in [0.2, 0.25) is 12.3 Å². The van der Waals surface area contributed by atoms with Gasteiger partial charge in [0.15, 0.2) is 0 Å². The number of aryl methyl sites for hydroxylation is 2. The van der Waals surface area contributed by atoms with Crippen LogP contribution in [0.3, 0.4) is 0 Å². The van der Waals surface area contributed by atoms with Gasteiger partial charge in [0.1, 0.15) is 0 Å². The van der Waals surface area contributed by atoms with Crippen LogP contribution in [-0.4, -0.2) is 24.9 Å². The summed E-state index contributed by atoms with van der Waals surface area (Å²) < 4.78 is 36.3. The molecule has 0 aliphatic heterocycles. The smallest absolute Gasteiger partial charge is 0.354 e. The van der Waals surface area contributed by atoms with Crippen LogP contribution in [0.1, 0.15) is 35.6 Å². The summed E-state index contributed by atoms with van der Waals surface area (Å²) in [5.41, 5.74) is 2.26. The maximum Gasteiger partial charge on any atom is 0.416 e. The van der Waals surface area contributed by atoms with Crippen LogP contribution in [-0.2, 0) is 35.0 Å². The van der Waals surface area contributed by atoms with Crippen molar-refractivity contribution in [2.45, 2.75) is 44.8 Å². The molecule has 0 saturated carbocycles. The molecule has 0 aromatic heterocycles. The fourth-order valence-electron chi connectivity index (χ4n) is 3.38. The third-order valence-electron chi connectivity index (χ3n) is 5.41. The Kier molecular flexibility index (Phi) is 12.0. The standard InChI is InChI=1S/C19H21ClN2O2.C9H9F3/c20-17-9-6-16(7-10-17)12-19(24)21-13-18(22-14-23)11-8-15-4-2-1-3-5-15;1-2-7-4-3-5-8(6-7)9(10,11)12/h1-7,9-10,14,18H,8,11-13H2,(H,21,24)(H,22,23);3-6H,2H2,1H3/t18-;/m0./s1. The van der Waals surface area contributed by atoms with Crippen LogP contribution in [0, 0.1) is 0 Å². The molecule has 0 aliphatic rings. The zero-order chi connectivity index (χ0) is 26.4. The SMILES string of the molecule is CCc1cccc(C(F)(F)F)c1.O=CN[C@@H](CCc1ccccc1)CNC(=O)Cc1ccc(Cl)cc1. The number of carbonyl (C=O) groups excluding carboxylic acids is 2. The van der Waals surface area contributed by atoms with E-state index in [4.69, 9.17) is 11.6 Å². The van der Waals surface area contributed by atoms with Gasteiger partial charge in [0, 0.05) is 17.6 Å². The normalized spacial score (nSPS) is 11.6. The summed E-state index contributed by atoms with van der Waals surface area (Å²) in [6, 6.07) is 22.6. The molecule has 0 unspecified atom stereocenters. The predicted octanol–water partition coefficient (Wildman–Crippen LogP) is 6.01. The van der Waals surface area contributed by atoms with Gasteiger partial charge in [-0.25, -0.2) is 0 Å². The molecule has 0 heterocycles. The Morgan fingerprint density at radius 3 is 2.22 bits per heavy atom. The average Bonchev–Trinajstić information content (AvgIpc) is 2.87. The van der Waals surface area contributed by atoms with Crippen molar-refractivity contribution < 1.29 is 22.8 Å². The van der Waals surface area contributed by atoms with E-state index in [1.807, 2.05) is 37.3 Å². The fraction of sp³-hybridized carbons (Fsp3) is 0.286. The van der Waals surface area contributed by atoms with Crippen LogP contribution < -0.4 is 10.6 Å². The quantitative estimate of drug-likeness (QED) is 0.323. The van der Waals surface area contributed by atoms with E-state index in [2.05, 4.69) is 22.8 Å². The molecule has 0 aliphatic carbocycles. The lowest BCUT2D eigenvalue weighted by Gasteiger charge is -2.17. The van der Waals surface area contributed by atoms with Gasteiger partial charge in [0.25, 0.3) is 0 Å². The number of carbonyl (C=O) groups is 2. The Morgan fingerprint density at radius 2 is 1.61 bits per heavy atom. The van der Waals surface area contributed by atoms with Crippen molar-refractivity contribution in [3.05, 3.63) is 106 Å². The van der Waals surface area contributed by atoms with Crippen molar-refractivity contribution in [2.75, 3.05) is 6.54 Å². The number of benzene rings is 3. The molecule has 3 aromatic rings. The topological polar surface area (TPSA) is 58.2 Å². The summed E-state index contributed by atoms with van der Waals surface area (Å²) in [4.78, 5) is 22.8. The first-order chi connectivity index (χ1) is 17.2. The predicted molar refractivity (Wildman–Crippen MR) is 137 cm³/mol. The fourth-order valence-corrected chi connectivity index (χ4v) is 3.51. The number of hydrogen-bond donors (Lipinski definition) is 2. The lowest BCUT2D eigenvalue weighted by molar-refractivity contribution is -0.137. The molecule has 36 heavy (non-hydrogen) atoms. The van der Waals surface area contributed by atoms with Gasteiger partial charge in [-0.3, -0.25) is 9.59 Å². The van der Waals surface area contributed by atoms with Gasteiger partial charge >= 0.3 is 6.18 Å². The molecule has 2 amide bonds. The number of amides is 2. The largest absolute Gasteiger partial charge is 0.416 e. The van der Waals surface area contributed by atoms with Crippen LogP contribution in [0.25, 0.3) is 0 Å². The van der Waals surface area contributed by atoms with E-state index in [-0.39, 0.29) is 11.9 Å². The molecule has 8 heteroatoms. The molecule has 0 fully saturated rings. The Bertz CT molecular complexity index is 1070. The van der Waals surface area contributed by atoms with E-state index in [1.165, 1.54) is 17.7 Å². The monoisotopic (exact) mass is 518 g/mol. The highest BCUT2D eigenvalue weighted by Crippen LogP contribution is 2.29. The summed E-state index contributed by atoms with van der Waals surface area (Å²) in [6.45, 7) is 2.24. The number of halogens is 4. The zero-order valence-electron chi connectivity index (χ0n) is 20.0. The van der Waals surface area contributed by atoms with Crippen LogP contribution in [0.5, 0.6) is 0 Å². The number of alkyl halides is 3. The van der Waals surface area contributed by atoms with Gasteiger partial charge in [-0.1, -0.05) is 79.2 Å². The van der Waals surface area contributed by atoms with Gasteiger partial charge in [-0.2, -0.15) is 13.2 Å². The van der Waals surface area contributed by atoms with Crippen molar-refractivity contribution in [3.8, 4) is 0 Å². The van der Waals surface area contributed by atoms with E-state index in [1.54, 1.807) is 18.2 Å². The molecule has 2 N–H and O–H groups in total. The van der Waals surface area contributed by atoms with Gasteiger partial charge < -0.3 is 10.6 Å². The molecule has 0 spiro atoms. The third kappa shape index (κ3) is 11.0. The Labute approximate surface area is 214 Å². The lowest BCUT2D eigenvalue weighted by Crippen LogP contribution is -2.41. The average molecular weight is 519 g/mol. The first kappa shape index (κ1) is 28.9. The molecule has 0 bridgehead atoms. The van der Waals surface area contributed by atoms with Gasteiger partial charge in [-0.05, 0) is 54.2 Å². The van der Waals surface area contributed by atoms with Crippen LogP contribution in [0.2, 0.25) is 5.02 Å². The number of hydrogen-bond acceptors (Lipinski definition) is 2. The second-order valence-corrected chi connectivity index (χ2v) is 8.60. The van der Waals surface area contributed by atoms with Crippen molar-refractivity contribution in [2.24, 2.45) is 0 Å². The summed E-state index contributed by atoms with van der Waals surface area (Å²) in [6.07, 6.45) is -0.997. The molecular formula is C28H30ClF3N2O2. The summed E-state index contributed by atoms with van der Waals surface area (Å²) >= 11 is 5.83. The highest BCUT2D eigenvalue weighted by molar-refractivity contribution is 6.30. The van der Waals surface area contributed by atoms with Crippen LogP contribution in [0.15, 0.2) is 78.9 Å². The summed E-state index contributed by atoms with van der Waals surface area (Å²) in [5.74, 6) is -0.0743. The summed E-state index contributed by atoms with van der Waals surface area (Å²) in [5, 5.41) is 6.29. The molecular weight excluding hydrogens is 489 g/mol. The molecule has 0 radical (unpaired) electrons. The van der Waals surface area contributed by atoms with Crippen LogP contribution in [0.4, 0.5) is 13.2 Å². The highest BCUT2D eigenvalue weighted by Gasteiger charge is 2.30. The maximum absolute atomic E-state index is 12.1. The Morgan fingerprint density at radius 1 is 0.944 bits per heavy atom. The number of nitrogens with one attached hydrogen (secondary N) is 2. The minimum atomic E-state index is -4.22. The van der Waals surface area contributed by atoms with Crippen molar-refractivity contribution >= 4 is 23.9 Å². The zero-order valence-corrected chi connectivity index (χ0v) is 20.8. The summed E-state index contributed by atoms with van der Waals surface area (Å²) in [7, 11) is 0. The first-order valence-corrected chi connectivity index (χ1v) is 12.0. The molecule has 3 rings (SSSR count). The Hall–Kier alpha value is -3.32. The van der Waals surface area contributed by atoms with Crippen molar-refractivity contribution in [1.82, 2.24) is 10.6 Å². The lowest BCUT2D eigenvalue weighted by atomic mass is 10.1. The molecule has 4 nitrogen and oxygen atoms in total. The van der Waals surface area contributed by atoms with E-state index in [0.717, 1.165) is 24.5 Å². The van der Waals surface area contributed by atoms with Gasteiger partial charge in [-0.15, -0.1) is 0 Å². The first-order valence-electron chi connectivity index (χ1n) is 11.6. The minimum Gasteiger partial charge on any atom is -0.354 e. The second kappa shape index (κ2) is 14.9.